The topological polar surface area (TPSA) is 47.5 Å². The molecule has 0 aliphatic heterocycles. The number of nitrogens with zero attached hydrogens (tertiary/aromatic N) is 3. The van der Waals surface area contributed by atoms with Crippen molar-refractivity contribution < 1.29 is 9.47 Å². The number of hydrogen-bond donors (Lipinski definition) is 0. The SMILES string of the molecule is COCCCN(C)c1ncc(Br)c(OC)n1. The molecule has 16 heavy (non-hydrogen) atoms. The molecule has 0 bridgehead atoms. The summed E-state index contributed by atoms with van der Waals surface area (Å²) in [5.41, 5.74) is 0. The van der Waals surface area contributed by atoms with Crippen molar-refractivity contribution in [3.63, 3.8) is 0 Å². The number of methoxy groups -OCH3 is 2. The molecule has 0 N–H and O–H groups in total. The Morgan fingerprint density at radius 1 is 1.44 bits per heavy atom. The van der Waals surface area contributed by atoms with Crippen LogP contribution in [0.5, 0.6) is 5.88 Å². The number of anilines is 1. The van der Waals surface area contributed by atoms with Crippen LogP contribution in [0.25, 0.3) is 0 Å². The van der Waals surface area contributed by atoms with E-state index in [0.717, 1.165) is 24.0 Å². The van der Waals surface area contributed by atoms with E-state index in [0.29, 0.717) is 11.8 Å². The Bertz CT molecular complexity index is 336. The van der Waals surface area contributed by atoms with E-state index in [1.54, 1.807) is 20.4 Å². The number of rotatable bonds is 6. The molecule has 0 aromatic carbocycles. The van der Waals surface area contributed by atoms with Gasteiger partial charge in [-0.25, -0.2) is 4.98 Å². The van der Waals surface area contributed by atoms with Gasteiger partial charge in [0.15, 0.2) is 0 Å². The van der Waals surface area contributed by atoms with E-state index in [-0.39, 0.29) is 0 Å². The molecule has 0 unspecified atom stereocenters. The molecule has 0 aliphatic rings. The monoisotopic (exact) mass is 289 g/mol. The maximum Gasteiger partial charge on any atom is 0.232 e. The summed E-state index contributed by atoms with van der Waals surface area (Å²) in [4.78, 5) is 10.5. The van der Waals surface area contributed by atoms with Gasteiger partial charge in [0.05, 0.1) is 17.8 Å². The van der Waals surface area contributed by atoms with Crippen LogP contribution >= 0.6 is 15.9 Å². The lowest BCUT2D eigenvalue weighted by Gasteiger charge is -2.17. The lowest BCUT2D eigenvalue weighted by atomic mass is 10.4. The minimum Gasteiger partial charge on any atom is -0.480 e. The van der Waals surface area contributed by atoms with Crippen LogP contribution in [0, 0.1) is 0 Å². The van der Waals surface area contributed by atoms with Gasteiger partial charge in [-0.2, -0.15) is 4.98 Å². The largest absolute Gasteiger partial charge is 0.480 e. The molecule has 0 amide bonds. The lowest BCUT2D eigenvalue weighted by Crippen LogP contribution is -2.22. The van der Waals surface area contributed by atoms with Crippen molar-refractivity contribution in [1.29, 1.82) is 0 Å². The smallest absolute Gasteiger partial charge is 0.232 e. The number of halogens is 1. The van der Waals surface area contributed by atoms with E-state index in [4.69, 9.17) is 9.47 Å². The molecule has 0 atom stereocenters. The maximum atomic E-state index is 5.11. The summed E-state index contributed by atoms with van der Waals surface area (Å²) in [5.74, 6) is 1.19. The first-order valence-electron chi connectivity index (χ1n) is 4.95. The highest BCUT2D eigenvalue weighted by atomic mass is 79.9. The van der Waals surface area contributed by atoms with E-state index in [2.05, 4.69) is 25.9 Å². The standard InChI is InChI=1S/C10H16BrN3O2/c1-14(5-4-6-15-2)10-12-7-8(11)9(13-10)16-3/h7H,4-6H2,1-3H3. The molecule has 1 aromatic heterocycles. The molecule has 90 valence electrons. The molecular formula is C10H16BrN3O2. The second kappa shape index (κ2) is 6.65. The van der Waals surface area contributed by atoms with Crippen molar-refractivity contribution in [1.82, 2.24) is 9.97 Å². The molecule has 0 spiro atoms. The summed E-state index contributed by atoms with van der Waals surface area (Å²) in [6.07, 6.45) is 2.63. The quantitative estimate of drug-likeness (QED) is 0.747. The molecule has 1 heterocycles. The fourth-order valence-corrected chi connectivity index (χ4v) is 1.57. The molecule has 6 heteroatoms. The fraction of sp³-hybridized carbons (Fsp3) is 0.600. The zero-order chi connectivity index (χ0) is 12.0. The number of ether oxygens (including phenoxy) is 2. The molecule has 0 saturated carbocycles. The van der Waals surface area contributed by atoms with Crippen LogP contribution in [-0.4, -0.2) is 44.4 Å². The lowest BCUT2D eigenvalue weighted by molar-refractivity contribution is 0.196. The van der Waals surface area contributed by atoms with Crippen LogP contribution in [0.4, 0.5) is 5.95 Å². The van der Waals surface area contributed by atoms with Gasteiger partial charge in [0, 0.05) is 27.3 Å². The van der Waals surface area contributed by atoms with E-state index in [1.165, 1.54) is 0 Å². The highest BCUT2D eigenvalue weighted by Gasteiger charge is 2.08. The normalized spacial score (nSPS) is 10.2. The van der Waals surface area contributed by atoms with E-state index >= 15 is 0 Å². The summed E-state index contributed by atoms with van der Waals surface area (Å²) < 4.78 is 10.9. The highest BCUT2D eigenvalue weighted by molar-refractivity contribution is 9.10. The third kappa shape index (κ3) is 3.61. The first kappa shape index (κ1) is 13.2. The molecule has 1 rings (SSSR count). The van der Waals surface area contributed by atoms with Crippen LogP contribution in [0.1, 0.15) is 6.42 Å². The van der Waals surface area contributed by atoms with E-state index in [9.17, 15) is 0 Å². The fourth-order valence-electron chi connectivity index (χ4n) is 1.22. The van der Waals surface area contributed by atoms with Crippen molar-refractivity contribution in [3.05, 3.63) is 10.7 Å². The molecule has 1 aromatic rings. The van der Waals surface area contributed by atoms with Gasteiger partial charge >= 0.3 is 0 Å². The van der Waals surface area contributed by atoms with Crippen LogP contribution < -0.4 is 9.64 Å². The minimum atomic E-state index is 0.545. The summed E-state index contributed by atoms with van der Waals surface area (Å²) >= 11 is 3.32. The Morgan fingerprint density at radius 3 is 2.81 bits per heavy atom. The Kier molecular flexibility index (Phi) is 5.48. The van der Waals surface area contributed by atoms with Gasteiger partial charge in [-0.05, 0) is 22.4 Å². The molecular weight excluding hydrogens is 274 g/mol. The number of aromatic nitrogens is 2. The zero-order valence-corrected chi connectivity index (χ0v) is 11.3. The minimum absolute atomic E-state index is 0.545. The van der Waals surface area contributed by atoms with Gasteiger partial charge in [0.1, 0.15) is 0 Å². The Hall–Kier alpha value is -0.880. The van der Waals surface area contributed by atoms with Crippen LogP contribution in [0.2, 0.25) is 0 Å². The molecule has 0 saturated heterocycles. The van der Waals surface area contributed by atoms with Gasteiger partial charge < -0.3 is 14.4 Å². The summed E-state index contributed by atoms with van der Waals surface area (Å²) in [6, 6.07) is 0. The third-order valence-corrected chi connectivity index (χ3v) is 2.62. The van der Waals surface area contributed by atoms with Crippen LogP contribution in [0.15, 0.2) is 10.7 Å². The Morgan fingerprint density at radius 2 is 2.19 bits per heavy atom. The summed E-state index contributed by atoms with van der Waals surface area (Å²) in [5, 5.41) is 0. The van der Waals surface area contributed by atoms with E-state index in [1.807, 2.05) is 11.9 Å². The summed E-state index contributed by atoms with van der Waals surface area (Å²) in [7, 11) is 5.22. The van der Waals surface area contributed by atoms with Gasteiger partial charge in [-0.15, -0.1) is 0 Å². The number of hydrogen-bond acceptors (Lipinski definition) is 5. The maximum absolute atomic E-state index is 5.11. The first-order valence-corrected chi connectivity index (χ1v) is 5.75. The van der Waals surface area contributed by atoms with Gasteiger partial charge in [-0.3, -0.25) is 0 Å². The van der Waals surface area contributed by atoms with Gasteiger partial charge in [0.2, 0.25) is 11.8 Å². The van der Waals surface area contributed by atoms with Crippen molar-refractivity contribution >= 4 is 21.9 Å². The predicted octanol–water partition coefficient (Wildman–Crippen LogP) is 1.72. The first-order chi connectivity index (χ1) is 7.69. The Labute approximate surface area is 104 Å². The van der Waals surface area contributed by atoms with Crippen molar-refractivity contribution in [3.8, 4) is 5.88 Å². The third-order valence-electron chi connectivity index (χ3n) is 2.08. The van der Waals surface area contributed by atoms with Crippen molar-refractivity contribution in [2.45, 2.75) is 6.42 Å². The molecule has 5 nitrogen and oxygen atoms in total. The highest BCUT2D eigenvalue weighted by Crippen LogP contribution is 2.22. The molecule has 0 aliphatic carbocycles. The van der Waals surface area contributed by atoms with Crippen molar-refractivity contribution in [2.24, 2.45) is 0 Å². The second-order valence-corrected chi connectivity index (χ2v) is 4.15. The molecule has 0 radical (unpaired) electrons. The zero-order valence-electron chi connectivity index (χ0n) is 9.73. The Balaban J connectivity index is 2.64. The van der Waals surface area contributed by atoms with Crippen LogP contribution in [0.3, 0.4) is 0 Å². The summed E-state index contributed by atoms with van der Waals surface area (Å²) in [6.45, 7) is 1.58. The van der Waals surface area contributed by atoms with Crippen molar-refractivity contribution in [2.75, 3.05) is 39.3 Å². The average molecular weight is 290 g/mol. The van der Waals surface area contributed by atoms with Crippen LogP contribution in [-0.2, 0) is 4.74 Å². The van der Waals surface area contributed by atoms with Gasteiger partial charge in [0.25, 0.3) is 0 Å². The predicted molar refractivity (Wildman–Crippen MR) is 66.0 cm³/mol. The average Bonchev–Trinajstić information content (AvgIpc) is 2.30. The second-order valence-electron chi connectivity index (χ2n) is 3.30. The van der Waals surface area contributed by atoms with E-state index < -0.39 is 0 Å². The molecule has 0 fully saturated rings. The van der Waals surface area contributed by atoms with Gasteiger partial charge in [-0.1, -0.05) is 0 Å².